The van der Waals surface area contributed by atoms with Gasteiger partial charge in [-0.2, -0.15) is 0 Å². The van der Waals surface area contributed by atoms with E-state index < -0.39 is 0 Å². The van der Waals surface area contributed by atoms with Crippen LogP contribution in [-0.2, 0) is 5.41 Å². The van der Waals surface area contributed by atoms with Crippen LogP contribution >= 0.6 is 0 Å². The largest absolute Gasteiger partial charge is 0.508 e. The van der Waals surface area contributed by atoms with Crippen molar-refractivity contribution in [2.24, 2.45) is 0 Å². The zero-order chi connectivity index (χ0) is 13.0. The molecule has 2 rings (SSSR count). The average molecular weight is 238 g/mol. The molecule has 0 aliphatic rings. The van der Waals surface area contributed by atoms with Crippen molar-refractivity contribution in [3.63, 3.8) is 0 Å². The van der Waals surface area contributed by atoms with E-state index in [9.17, 15) is 5.11 Å². The van der Waals surface area contributed by atoms with Crippen LogP contribution in [0, 0.1) is 0 Å². The van der Waals surface area contributed by atoms with Gasteiger partial charge in [-0.05, 0) is 29.7 Å². The van der Waals surface area contributed by atoms with Crippen LogP contribution < -0.4 is 0 Å². The highest BCUT2D eigenvalue weighted by atomic mass is 16.3. The molecule has 0 aliphatic carbocycles. The van der Waals surface area contributed by atoms with Crippen molar-refractivity contribution in [2.75, 3.05) is 0 Å². The number of hydrogen-bond donors (Lipinski definition) is 1. The molecule has 1 unspecified atom stereocenters. The number of allylic oxidation sites excluding steroid dienone is 1. The molecular weight excluding hydrogens is 220 g/mol. The molecule has 0 aliphatic heterocycles. The summed E-state index contributed by atoms with van der Waals surface area (Å²) in [7, 11) is 0. The highest BCUT2D eigenvalue weighted by molar-refractivity contribution is 5.41. The van der Waals surface area contributed by atoms with Gasteiger partial charge >= 0.3 is 0 Å². The van der Waals surface area contributed by atoms with Gasteiger partial charge < -0.3 is 5.11 Å². The molecule has 0 spiro atoms. The third-order valence-electron chi connectivity index (χ3n) is 3.47. The fourth-order valence-electron chi connectivity index (χ4n) is 2.33. The molecule has 1 atom stereocenters. The maximum Gasteiger partial charge on any atom is 0.115 e. The number of hydrogen-bond acceptors (Lipinski definition) is 1. The van der Waals surface area contributed by atoms with Gasteiger partial charge in [-0.25, -0.2) is 0 Å². The summed E-state index contributed by atoms with van der Waals surface area (Å²) in [4.78, 5) is 0. The van der Waals surface area contributed by atoms with Crippen molar-refractivity contribution in [1.82, 2.24) is 0 Å². The molecule has 2 aromatic rings. The topological polar surface area (TPSA) is 20.2 Å². The predicted molar refractivity (Wildman–Crippen MR) is 75.8 cm³/mol. The molecule has 0 saturated carbocycles. The van der Waals surface area contributed by atoms with Crippen molar-refractivity contribution in [1.29, 1.82) is 0 Å². The van der Waals surface area contributed by atoms with Gasteiger partial charge in [0.15, 0.2) is 0 Å². The molecule has 0 amide bonds. The van der Waals surface area contributed by atoms with E-state index in [0.717, 1.165) is 6.42 Å². The Morgan fingerprint density at radius 3 is 2.11 bits per heavy atom. The second-order valence-corrected chi connectivity index (χ2v) is 4.74. The maximum atomic E-state index is 9.40. The quantitative estimate of drug-likeness (QED) is 0.788. The molecule has 0 bridgehead atoms. The van der Waals surface area contributed by atoms with Crippen molar-refractivity contribution < 1.29 is 5.11 Å². The summed E-state index contributed by atoms with van der Waals surface area (Å²) in [5, 5.41) is 9.40. The minimum atomic E-state index is -0.100. The van der Waals surface area contributed by atoms with Crippen molar-refractivity contribution >= 4 is 0 Å². The number of benzene rings is 2. The Labute approximate surface area is 108 Å². The van der Waals surface area contributed by atoms with Gasteiger partial charge in [-0.15, -0.1) is 6.58 Å². The molecule has 2 aromatic carbocycles. The molecule has 1 heteroatoms. The minimum Gasteiger partial charge on any atom is -0.508 e. The second kappa shape index (κ2) is 5.09. The first kappa shape index (κ1) is 12.4. The monoisotopic (exact) mass is 238 g/mol. The Morgan fingerprint density at radius 2 is 1.56 bits per heavy atom. The van der Waals surface area contributed by atoms with Crippen LogP contribution in [0.1, 0.15) is 24.5 Å². The Morgan fingerprint density at radius 1 is 1.00 bits per heavy atom. The van der Waals surface area contributed by atoms with Crippen LogP contribution in [0.2, 0.25) is 0 Å². The Kier molecular flexibility index (Phi) is 3.52. The van der Waals surface area contributed by atoms with Gasteiger partial charge in [0.1, 0.15) is 5.75 Å². The van der Waals surface area contributed by atoms with Crippen molar-refractivity contribution in [3.05, 3.63) is 78.4 Å². The van der Waals surface area contributed by atoms with E-state index in [1.165, 1.54) is 11.1 Å². The normalized spacial score (nSPS) is 13.8. The number of aromatic hydroxyl groups is 1. The lowest BCUT2D eigenvalue weighted by molar-refractivity contribution is 0.474. The van der Waals surface area contributed by atoms with Gasteiger partial charge in [0.25, 0.3) is 0 Å². The first-order chi connectivity index (χ1) is 8.66. The zero-order valence-corrected chi connectivity index (χ0v) is 10.6. The molecular formula is C17H18O. The Hall–Kier alpha value is -2.02. The summed E-state index contributed by atoms with van der Waals surface area (Å²) < 4.78 is 0. The molecule has 0 heterocycles. The van der Waals surface area contributed by atoms with Gasteiger partial charge in [-0.1, -0.05) is 55.5 Å². The third-order valence-corrected chi connectivity index (χ3v) is 3.47. The lowest BCUT2D eigenvalue weighted by Gasteiger charge is -2.30. The standard InChI is InChI=1S/C17H18O/c1-3-13-17(2,14-7-5-4-6-8-14)15-9-11-16(18)12-10-15/h3-12,18H,1,13H2,2H3. The molecule has 92 valence electrons. The zero-order valence-electron chi connectivity index (χ0n) is 10.6. The summed E-state index contributed by atoms with van der Waals surface area (Å²) in [6, 6.07) is 17.8. The van der Waals surface area contributed by atoms with Crippen LogP contribution in [-0.4, -0.2) is 5.11 Å². The molecule has 1 N–H and O–H groups in total. The fourth-order valence-corrected chi connectivity index (χ4v) is 2.33. The van der Waals surface area contributed by atoms with Crippen molar-refractivity contribution in [2.45, 2.75) is 18.8 Å². The van der Waals surface area contributed by atoms with E-state index in [1.54, 1.807) is 12.1 Å². The second-order valence-electron chi connectivity index (χ2n) is 4.74. The molecule has 0 fully saturated rings. The van der Waals surface area contributed by atoms with Crippen LogP contribution in [0.25, 0.3) is 0 Å². The summed E-state index contributed by atoms with van der Waals surface area (Å²) in [5.41, 5.74) is 2.35. The smallest absolute Gasteiger partial charge is 0.115 e. The Balaban J connectivity index is 2.50. The van der Waals surface area contributed by atoms with Crippen LogP contribution in [0.3, 0.4) is 0 Å². The summed E-state index contributed by atoms with van der Waals surface area (Å²) in [6.45, 7) is 6.07. The first-order valence-electron chi connectivity index (χ1n) is 6.13. The van der Waals surface area contributed by atoms with Crippen LogP contribution in [0.5, 0.6) is 5.75 Å². The molecule has 1 nitrogen and oxygen atoms in total. The first-order valence-corrected chi connectivity index (χ1v) is 6.13. The molecule has 0 radical (unpaired) electrons. The summed E-state index contributed by atoms with van der Waals surface area (Å²) in [6.07, 6.45) is 2.81. The number of phenols is 1. The SMILES string of the molecule is C=CCC(C)(c1ccccc1)c1ccc(O)cc1. The summed E-state index contributed by atoms with van der Waals surface area (Å²) in [5.74, 6) is 0.299. The highest BCUT2D eigenvalue weighted by Crippen LogP contribution is 2.36. The third kappa shape index (κ3) is 2.30. The van der Waals surface area contributed by atoms with Gasteiger partial charge in [0, 0.05) is 5.41 Å². The molecule has 18 heavy (non-hydrogen) atoms. The van der Waals surface area contributed by atoms with Gasteiger partial charge in [-0.3, -0.25) is 0 Å². The Bertz CT molecular complexity index is 513. The lowest BCUT2D eigenvalue weighted by atomic mass is 9.74. The van der Waals surface area contributed by atoms with Gasteiger partial charge in [0.2, 0.25) is 0 Å². The van der Waals surface area contributed by atoms with Crippen LogP contribution in [0.4, 0.5) is 0 Å². The van der Waals surface area contributed by atoms with Crippen LogP contribution in [0.15, 0.2) is 67.3 Å². The molecule has 0 saturated heterocycles. The van der Waals surface area contributed by atoms with E-state index in [1.807, 2.05) is 24.3 Å². The van der Waals surface area contributed by atoms with Crippen molar-refractivity contribution in [3.8, 4) is 5.75 Å². The summed E-state index contributed by atoms with van der Waals surface area (Å²) >= 11 is 0. The number of rotatable bonds is 4. The average Bonchev–Trinajstić information content (AvgIpc) is 2.40. The van der Waals surface area contributed by atoms with E-state index >= 15 is 0 Å². The van der Waals surface area contributed by atoms with E-state index in [2.05, 4.69) is 37.8 Å². The van der Waals surface area contributed by atoms with E-state index in [-0.39, 0.29) is 5.41 Å². The molecule has 0 aromatic heterocycles. The maximum absolute atomic E-state index is 9.40. The highest BCUT2D eigenvalue weighted by Gasteiger charge is 2.27. The van der Waals surface area contributed by atoms with E-state index in [4.69, 9.17) is 0 Å². The fraction of sp³-hybridized carbons (Fsp3) is 0.176. The minimum absolute atomic E-state index is 0.100. The lowest BCUT2D eigenvalue weighted by Crippen LogP contribution is -2.22. The van der Waals surface area contributed by atoms with E-state index in [0.29, 0.717) is 5.75 Å². The predicted octanol–water partition coefficient (Wildman–Crippen LogP) is 4.27. The number of phenolic OH excluding ortho intramolecular Hbond substituents is 1. The van der Waals surface area contributed by atoms with Gasteiger partial charge in [0.05, 0.1) is 0 Å².